The van der Waals surface area contributed by atoms with Gasteiger partial charge in [-0.1, -0.05) is 6.07 Å². The summed E-state index contributed by atoms with van der Waals surface area (Å²) in [5, 5.41) is 13.8. The number of carbonyl (C=O) groups is 2. The van der Waals surface area contributed by atoms with Crippen LogP contribution in [0.3, 0.4) is 0 Å². The number of amides is 2. The zero-order chi connectivity index (χ0) is 14.5. The molecule has 2 amide bonds. The Bertz CT molecular complexity index is 455. The van der Waals surface area contributed by atoms with Gasteiger partial charge in [-0.15, -0.1) is 11.3 Å². The fourth-order valence-corrected chi connectivity index (χ4v) is 2.95. The lowest BCUT2D eigenvalue weighted by atomic mass is 9.82. The molecule has 20 heavy (non-hydrogen) atoms. The Hall–Kier alpha value is -1.40. The van der Waals surface area contributed by atoms with Crippen LogP contribution in [-0.4, -0.2) is 48.1 Å². The van der Waals surface area contributed by atoms with Crippen molar-refractivity contribution >= 4 is 23.2 Å². The fraction of sp³-hybridized carbons (Fsp3) is 0.571. The predicted molar refractivity (Wildman–Crippen MR) is 77.6 cm³/mol. The van der Waals surface area contributed by atoms with Gasteiger partial charge < -0.3 is 15.3 Å². The standard InChI is InChI=1S/C14H20N2O3S/c1-16(9-10-7-11(17)8-10)13(18)4-5-15-14(19)12-3-2-6-20-12/h2-3,6,10-11,17H,4-5,7-9H2,1H3,(H,15,19). The third-order valence-electron chi connectivity index (χ3n) is 3.54. The molecule has 2 N–H and O–H groups in total. The van der Waals surface area contributed by atoms with Crippen molar-refractivity contribution in [2.45, 2.75) is 25.4 Å². The van der Waals surface area contributed by atoms with E-state index in [4.69, 9.17) is 0 Å². The zero-order valence-electron chi connectivity index (χ0n) is 11.5. The van der Waals surface area contributed by atoms with Crippen molar-refractivity contribution < 1.29 is 14.7 Å². The highest BCUT2D eigenvalue weighted by Crippen LogP contribution is 2.27. The van der Waals surface area contributed by atoms with Crippen LogP contribution in [-0.2, 0) is 4.79 Å². The largest absolute Gasteiger partial charge is 0.393 e. The van der Waals surface area contributed by atoms with Gasteiger partial charge in [-0.2, -0.15) is 0 Å². The molecule has 1 aromatic rings. The van der Waals surface area contributed by atoms with Gasteiger partial charge >= 0.3 is 0 Å². The molecule has 1 aliphatic carbocycles. The van der Waals surface area contributed by atoms with E-state index in [0.717, 1.165) is 12.8 Å². The van der Waals surface area contributed by atoms with E-state index in [1.807, 2.05) is 11.4 Å². The van der Waals surface area contributed by atoms with E-state index >= 15 is 0 Å². The fourth-order valence-electron chi connectivity index (χ4n) is 2.31. The second kappa shape index (κ2) is 6.85. The van der Waals surface area contributed by atoms with E-state index in [1.54, 1.807) is 18.0 Å². The highest BCUT2D eigenvalue weighted by molar-refractivity contribution is 7.12. The van der Waals surface area contributed by atoms with Gasteiger partial charge in [0.15, 0.2) is 0 Å². The first-order valence-corrected chi connectivity index (χ1v) is 7.68. The highest BCUT2D eigenvalue weighted by atomic mass is 32.1. The van der Waals surface area contributed by atoms with E-state index in [0.29, 0.717) is 30.3 Å². The van der Waals surface area contributed by atoms with E-state index < -0.39 is 0 Å². The molecule has 1 aliphatic rings. The highest BCUT2D eigenvalue weighted by Gasteiger charge is 2.28. The first-order chi connectivity index (χ1) is 9.56. The van der Waals surface area contributed by atoms with Gasteiger partial charge in [-0.25, -0.2) is 0 Å². The molecule has 1 fully saturated rings. The maximum Gasteiger partial charge on any atom is 0.261 e. The maximum absolute atomic E-state index is 11.9. The van der Waals surface area contributed by atoms with Crippen LogP contribution in [0, 0.1) is 5.92 Å². The molecular weight excluding hydrogens is 276 g/mol. The molecule has 0 atom stereocenters. The molecule has 0 unspecified atom stereocenters. The van der Waals surface area contributed by atoms with Gasteiger partial charge in [0.1, 0.15) is 0 Å². The van der Waals surface area contributed by atoms with Crippen molar-refractivity contribution in [2.75, 3.05) is 20.1 Å². The number of carbonyl (C=O) groups excluding carboxylic acids is 2. The molecule has 5 nitrogen and oxygen atoms in total. The lowest BCUT2D eigenvalue weighted by Gasteiger charge is -2.34. The van der Waals surface area contributed by atoms with E-state index in [2.05, 4.69) is 5.32 Å². The molecule has 0 aliphatic heterocycles. The number of aliphatic hydroxyl groups excluding tert-OH is 1. The van der Waals surface area contributed by atoms with Gasteiger partial charge in [0.05, 0.1) is 11.0 Å². The van der Waals surface area contributed by atoms with Crippen LogP contribution in [0.4, 0.5) is 0 Å². The SMILES string of the molecule is CN(CC1CC(O)C1)C(=O)CCNC(=O)c1cccs1. The second-order valence-electron chi connectivity index (χ2n) is 5.25. The van der Waals surface area contributed by atoms with Crippen LogP contribution in [0.5, 0.6) is 0 Å². The number of aliphatic hydroxyl groups is 1. The molecule has 0 radical (unpaired) electrons. The minimum Gasteiger partial charge on any atom is -0.393 e. The molecule has 1 saturated carbocycles. The van der Waals surface area contributed by atoms with Crippen LogP contribution in [0.2, 0.25) is 0 Å². The molecule has 0 saturated heterocycles. The van der Waals surface area contributed by atoms with Crippen LogP contribution in [0.25, 0.3) is 0 Å². The first kappa shape index (κ1) is 15.0. The predicted octanol–water partition coefficient (Wildman–Crippen LogP) is 1.10. The summed E-state index contributed by atoms with van der Waals surface area (Å²) < 4.78 is 0. The Balaban J connectivity index is 1.63. The van der Waals surface area contributed by atoms with Crippen LogP contribution in [0.1, 0.15) is 28.9 Å². The molecule has 2 rings (SSSR count). The van der Waals surface area contributed by atoms with Crippen LogP contribution < -0.4 is 5.32 Å². The summed E-state index contributed by atoms with van der Waals surface area (Å²) in [5.74, 6) is 0.315. The summed E-state index contributed by atoms with van der Waals surface area (Å²) >= 11 is 1.38. The summed E-state index contributed by atoms with van der Waals surface area (Å²) in [7, 11) is 1.77. The maximum atomic E-state index is 11.9. The van der Waals surface area contributed by atoms with Gasteiger partial charge in [0.2, 0.25) is 5.91 Å². The number of nitrogens with zero attached hydrogens (tertiary/aromatic N) is 1. The monoisotopic (exact) mass is 296 g/mol. The third-order valence-corrected chi connectivity index (χ3v) is 4.41. The van der Waals surface area contributed by atoms with Crippen LogP contribution in [0.15, 0.2) is 17.5 Å². The molecule has 110 valence electrons. The normalized spacial score (nSPS) is 21.1. The third kappa shape index (κ3) is 4.05. The summed E-state index contributed by atoms with van der Waals surface area (Å²) in [6, 6.07) is 3.58. The summed E-state index contributed by atoms with van der Waals surface area (Å²) in [5.41, 5.74) is 0. The first-order valence-electron chi connectivity index (χ1n) is 6.80. The van der Waals surface area contributed by atoms with Crippen molar-refractivity contribution in [1.82, 2.24) is 10.2 Å². The van der Waals surface area contributed by atoms with Gasteiger partial charge in [-0.3, -0.25) is 9.59 Å². The summed E-state index contributed by atoms with van der Waals surface area (Å²) in [4.78, 5) is 25.9. The topological polar surface area (TPSA) is 69.6 Å². The Morgan fingerprint density at radius 2 is 2.25 bits per heavy atom. The minimum atomic E-state index is -0.186. The molecule has 6 heteroatoms. The molecule has 0 spiro atoms. The summed E-state index contributed by atoms with van der Waals surface area (Å²) in [6.45, 7) is 1.04. The van der Waals surface area contributed by atoms with E-state index in [9.17, 15) is 14.7 Å². The second-order valence-corrected chi connectivity index (χ2v) is 6.20. The van der Waals surface area contributed by atoms with Crippen molar-refractivity contribution in [3.05, 3.63) is 22.4 Å². The van der Waals surface area contributed by atoms with Gasteiger partial charge in [0.25, 0.3) is 5.91 Å². The Morgan fingerprint density at radius 1 is 1.50 bits per heavy atom. The smallest absolute Gasteiger partial charge is 0.261 e. The quantitative estimate of drug-likeness (QED) is 0.826. The Morgan fingerprint density at radius 3 is 2.85 bits per heavy atom. The Kier molecular flexibility index (Phi) is 5.14. The molecule has 1 heterocycles. The number of hydrogen-bond donors (Lipinski definition) is 2. The van der Waals surface area contributed by atoms with Crippen molar-refractivity contribution in [2.24, 2.45) is 5.92 Å². The molecule has 0 bridgehead atoms. The van der Waals surface area contributed by atoms with Crippen LogP contribution >= 0.6 is 11.3 Å². The van der Waals surface area contributed by atoms with E-state index in [-0.39, 0.29) is 17.9 Å². The van der Waals surface area contributed by atoms with Gasteiger partial charge in [0, 0.05) is 26.6 Å². The van der Waals surface area contributed by atoms with Gasteiger partial charge in [-0.05, 0) is 30.2 Å². The number of thiophene rings is 1. The van der Waals surface area contributed by atoms with Crippen molar-refractivity contribution in [3.63, 3.8) is 0 Å². The lowest BCUT2D eigenvalue weighted by molar-refractivity contribution is -0.131. The Labute approximate surface area is 122 Å². The molecular formula is C14H20N2O3S. The van der Waals surface area contributed by atoms with E-state index in [1.165, 1.54) is 11.3 Å². The number of nitrogens with one attached hydrogen (secondary N) is 1. The minimum absolute atomic E-state index is 0.0258. The molecule has 1 aromatic heterocycles. The van der Waals surface area contributed by atoms with Crippen molar-refractivity contribution in [1.29, 1.82) is 0 Å². The number of hydrogen-bond acceptors (Lipinski definition) is 4. The average Bonchev–Trinajstić information content (AvgIpc) is 2.90. The van der Waals surface area contributed by atoms with Crippen molar-refractivity contribution in [3.8, 4) is 0 Å². The number of rotatable bonds is 6. The zero-order valence-corrected chi connectivity index (χ0v) is 12.4. The molecule has 0 aromatic carbocycles. The summed E-state index contributed by atoms with van der Waals surface area (Å²) in [6.07, 6.45) is 1.69. The lowest BCUT2D eigenvalue weighted by Crippen LogP contribution is -2.40. The average molecular weight is 296 g/mol.